The lowest BCUT2D eigenvalue weighted by Crippen LogP contribution is -2.12. The quantitative estimate of drug-likeness (QED) is 0.773. The maximum absolute atomic E-state index is 10.9. The number of amides is 1. The fourth-order valence-corrected chi connectivity index (χ4v) is 1.56. The SMILES string of the molecule is Cc1cc(C(N)=O)c(Cl)c(C)c1Cl. The first-order chi connectivity index (χ1) is 5.95. The number of carbonyl (C=O) groups is 1. The fraction of sp³-hybridized carbons (Fsp3) is 0.222. The maximum atomic E-state index is 10.9. The molecular formula is C9H9Cl2NO. The summed E-state index contributed by atoms with van der Waals surface area (Å²) in [5, 5.41) is 0.915. The Morgan fingerprint density at radius 2 is 1.85 bits per heavy atom. The van der Waals surface area contributed by atoms with E-state index in [2.05, 4.69) is 0 Å². The Bertz CT molecular complexity index is 374. The molecule has 0 aliphatic carbocycles. The first-order valence-electron chi connectivity index (χ1n) is 3.70. The van der Waals surface area contributed by atoms with Gasteiger partial charge in [-0.15, -0.1) is 0 Å². The average molecular weight is 218 g/mol. The minimum absolute atomic E-state index is 0.320. The van der Waals surface area contributed by atoms with Crippen molar-refractivity contribution < 1.29 is 4.79 Å². The summed E-state index contributed by atoms with van der Waals surface area (Å²) >= 11 is 11.8. The Kier molecular flexibility index (Phi) is 2.84. The van der Waals surface area contributed by atoms with Gasteiger partial charge < -0.3 is 5.73 Å². The van der Waals surface area contributed by atoms with Gasteiger partial charge >= 0.3 is 0 Å². The number of hydrogen-bond acceptors (Lipinski definition) is 1. The van der Waals surface area contributed by atoms with E-state index in [0.29, 0.717) is 21.2 Å². The Morgan fingerprint density at radius 3 is 2.31 bits per heavy atom. The highest BCUT2D eigenvalue weighted by atomic mass is 35.5. The molecule has 0 aliphatic heterocycles. The van der Waals surface area contributed by atoms with Crippen LogP contribution in [0.5, 0.6) is 0 Å². The molecule has 0 unspecified atom stereocenters. The summed E-state index contributed by atoms with van der Waals surface area (Å²) in [5.41, 5.74) is 6.95. The Morgan fingerprint density at radius 1 is 1.31 bits per heavy atom. The highest BCUT2D eigenvalue weighted by Gasteiger charge is 2.13. The van der Waals surface area contributed by atoms with E-state index in [0.717, 1.165) is 5.56 Å². The van der Waals surface area contributed by atoms with Crippen LogP contribution in [0, 0.1) is 13.8 Å². The molecule has 1 aromatic rings. The van der Waals surface area contributed by atoms with Crippen molar-refractivity contribution in [3.63, 3.8) is 0 Å². The van der Waals surface area contributed by atoms with Gasteiger partial charge in [-0.3, -0.25) is 4.79 Å². The topological polar surface area (TPSA) is 43.1 Å². The molecule has 70 valence electrons. The maximum Gasteiger partial charge on any atom is 0.250 e. The molecule has 0 heterocycles. The first kappa shape index (κ1) is 10.4. The van der Waals surface area contributed by atoms with E-state index >= 15 is 0 Å². The second-order valence-electron chi connectivity index (χ2n) is 2.86. The van der Waals surface area contributed by atoms with E-state index < -0.39 is 5.91 Å². The van der Waals surface area contributed by atoms with Crippen LogP contribution >= 0.6 is 23.2 Å². The van der Waals surface area contributed by atoms with E-state index in [-0.39, 0.29) is 0 Å². The lowest BCUT2D eigenvalue weighted by Gasteiger charge is -2.08. The van der Waals surface area contributed by atoms with Crippen LogP contribution in [0.15, 0.2) is 6.07 Å². The third-order valence-corrected chi connectivity index (χ3v) is 2.94. The summed E-state index contributed by atoms with van der Waals surface area (Å²) in [7, 11) is 0. The fourth-order valence-electron chi connectivity index (χ4n) is 1.12. The van der Waals surface area contributed by atoms with Gasteiger partial charge in [0.1, 0.15) is 0 Å². The standard InChI is InChI=1S/C9H9Cl2NO/c1-4-3-6(9(12)13)8(11)5(2)7(4)10/h3H,1-2H3,(H2,12,13). The molecule has 0 saturated carbocycles. The summed E-state index contributed by atoms with van der Waals surface area (Å²) in [6.45, 7) is 3.56. The van der Waals surface area contributed by atoms with Crippen molar-refractivity contribution in [2.45, 2.75) is 13.8 Å². The number of benzene rings is 1. The average Bonchev–Trinajstić information content (AvgIpc) is 2.07. The van der Waals surface area contributed by atoms with Crippen LogP contribution in [0.4, 0.5) is 0 Å². The highest BCUT2D eigenvalue weighted by molar-refractivity contribution is 6.38. The van der Waals surface area contributed by atoms with E-state index in [1.165, 1.54) is 0 Å². The van der Waals surface area contributed by atoms with Gasteiger partial charge in [0.15, 0.2) is 0 Å². The minimum Gasteiger partial charge on any atom is -0.366 e. The molecule has 2 N–H and O–H groups in total. The molecule has 4 heteroatoms. The molecule has 0 saturated heterocycles. The normalized spacial score (nSPS) is 10.2. The molecule has 0 spiro atoms. The van der Waals surface area contributed by atoms with Crippen molar-refractivity contribution in [1.29, 1.82) is 0 Å². The summed E-state index contributed by atoms with van der Waals surface area (Å²) < 4.78 is 0. The molecule has 0 fully saturated rings. The van der Waals surface area contributed by atoms with Crippen LogP contribution in [0.1, 0.15) is 21.5 Å². The molecular weight excluding hydrogens is 209 g/mol. The van der Waals surface area contributed by atoms with Gasteiger partial charge in [-0.2, -0.15) is 0 Å². The van der Waals surface area contributed by atoms with Crippen LogP contribution in [0.25, 0.3) is 0 Å². The summed E-state index contributed by atoms with van der Waals surface area (Å²) in [6, 6.07) is 1.60. The molecule has 2 nitrogen and oxygen atoms in total. The third-order valence-electron chi connectivity index (χ3n) is 1.87. The van der Waals surface area contributed by atoms with Crippen molar-refractivity contribution in [2.24, 2.45) is 5.73 Å². The minimum atomic E-state index is -0.534. The largest absolute Gasteiger partial charge is 0.366 e. The third kappa shape index (κ3) is 1.79. The van der Waals surface area contributed by atoms with Gasteiger partial charge in [0.25, 0.3) is 0 Å². The van der Waals surface area contributed by atoms with Crippen LogP contribution in [-0.4, -0.2) is 5.91 Å². The zero-order valence-electron chi connectivity index (χ0n) is 7.32. The van der Waals surface area contributed by atoms with Crippen molar-refractivity contribution in [2.75, 3.05) is 0 Å². The number of primary amides is 1. The van der Waals surface area contributed by atoms with E-state index in [1.807, 2.05) is 0 Å². The van der Waals surface area contributed by atoms with Crippen LogP contribution in [-0.2, 0) is 0 Å². The molecule has 0 aromatic heterocycles. The molecule has 1 amide bonds. The zero-order chi connectivity index (χ0) is 10.2. The highest BCUT2D eigenvalue weighted by Crippen LogP contribution is 2.30. The van der Waals surface area contributed by atoms with Gasteiger partial charge in [0.05, 0.1) is 10.6 Å². The van der Waals surface area contributed by atoms with Gasteiger partial charge in [0.2, 0.25) is 5.91 Å². The van der Waals surface area contributed by atoms with Gasteiger partial charge in [0, 0.05) is 5.02 Å². The van der Waals surface area contributed by atoms with Crippen molar-refractivity contribution in [1.82, 2.24) is 0 Å². The zero-order valence-corrected chi connectivity index (χ0v) is 8.83. The van der Waals surface area contributed by atoms with Crippen molar-refractivity contribution >= 4 is 29.1 Å². The molecule has 1 rings (SSSR count). The lowest BCUT2D eigenvalue weighted by molar-refractivity contribution is 0.100. The molecule has 0 bridgehead atoms. The second kappa shape index (κ2) is 3.56. The lowest BCUT2D eigenvalue weighted by atomic mass is 10.1. The van der Waals surface area contributed by atoms with Gasteiger partial charge in [-0.05, 0) is 31.0 Å². The molecule has 0 aliphatic rings. The van der Waals surface area contributed by atoms with Crippen LogP contribution in [0.3, 0.4) is 0 Å². The number of nitrogens with two attached hydrogens (primary N) is 1. The number of carbonyl (C=O) groups excluding carboxylic acids is 1. The van der Waals surface area contributed by atoms with Crippen LogP contribution in [0.2, 0.25) is 10.0 Å². The van der Waals surface area contributed by atoms with Crippen LogP contribution < -0.4 is 5.73 Å². The Labute approximate surface area is 86.6 Å². The monoisotopic (exact) mass is 217 g/mol. The number of hydrogen-bond donors (Lipinski definition) is 1. The predicted octanol–water partition coefficient (Wildman–Crippen LogP) is 2.71. The summed E-state index contributed by atoms with van der Waals surface area (Å²) in [6.07, 6.45) is 0. The second-order valence-corrected chi connectivity index (χ2v) is 3.61. The van der Waals surface area contributed by atoms with Crippen molar-refractivity contribution in [3.05, 3.63) is 32.8 Å². The van der Waals surface area contributed by atoms with E-state index in [4.69, 9.17) is 28.9 Å². The van der Waals surface area contributed by atoms with E-state index in [9.17, 15) is 4.79 Å². The smallest absolute Gasteiger partial charge is 0.250 e. The molecule has 0 atom stereocenters. The Hall–Kier alpha value is -0.730. The molecule has 1 aromatic carbocycles. The number of rotatable bonds is 1. The van der Waals surface area contributed by atoms with E-state index in [1.54, 1.807) is 19.9 Å². The molecule has 13 heavy (non-hydrogen) atoms. The number of halogens is 2. The van der Waals surface area contributed by atoms with Gasteiger partial charge in [-0.25, -0.2) is 0 Å². The summed E-state index contributed by atoms with van der Waals surface area (Å²) in [5.74, 6) is -0.534. The first-order valence-corrected chi connectivity index (χ1v) is 4.45. The van der Waals surface area contributed by atoms with Crippen molar-refractivity contribution in [3.8, 4) is 0 Å². The summed E-state index contributed by atoms with van der Waals surface area (Å²) in [4.78, 5) is 10.9. The van der Waals surface area contributed by atoms with Gasteiger partial charge in [-0.1, -0.05) is 23.2 Å². The number of aryl methyl sites for hydroxylation is 1. The molecule has 0 radical (unpaired) electrons. The Balaban J connectivity index is 3.50. The predicted molar refractivity (Wildman–Crippen MR) is 54.5 cm³/mol.